The fraction of sp³-hybridized carbons (Fsp3) is 0.278. The third-order valence-electron chi connectivity index (χ3n) is 4.56. The first-order valence-electron chi connectivity index (χ1n) is 7.66. The normalized spacial score (nSPS) is 22.5. The van der Waals surface area contributed by atoms with Crippen molar-refractivity contribution in [2.45, 2.75) is 12.2 Å². The van der Waals surface area contributed by atoms with Gasteiger partial charge in [0.2, 0.25) is 0 Å². The van der Waals surface area contributed by atoms with E-state index in [0.717, 1.165) is 34.7 Å². The Kier molecular flexibility index (Phi) is 3.30. The van der Waals surface area contributed by atoms with Gasteiger partial charge in [-0.2, -0.15) is 18.3 Å². The summed E-state index contributed by atoms with van der Waals surface area (Å²) in [6.45, 7) is 0.464. The highest BCUT2D eigenvalue weighted by Crippen LogP contribution is 2.42. The third-order valence-corrected chi connectivity index (χ3v) is 4.56. The van der Waals surface area contributed by atoms with E-state index in [1.165, 1.54) is 12.1 Å². The lowest BCUT2D eigenvalue weighted by Crippen LogP contribution is -2.32. The minimum atomic E-state index is -4.32. The Bertz CT molecular complexity index is 799. The molecule has 2 unspecified atom stereocenters. The Hall–Kier alpha value is -2.50. The summed E-state index contributed by atoms with van der Waals surface area (Å²) < 4.78 is 44.1. The second-order valence-corrected chi connectivity index (χ2v) is 6.04. The van der Waals surface area contributed by atoms with E-state index in [4.69, 9.17) is 4.74 Å². The Morgan fingerprint density at radius 2 is 1.79 bits per heavy atom. The molecule has 2 heterocycles. The van der Waals surface area contributed by atoms with Crippen molar-refractivity contribution in [1.29, 1.82) is 0 Å². The molecule has 2 atom stereocenters. The van der Waals surface area contributed by atoms with Crippen molar-refractivity contribution in [3.63, 3.8) is 0 Å². The smallest absolute Gasteiger partial charge is 0.416 e. The molecule has 2 aliphatic heterocycles. The van der Waals surface area contributed by atoms with E-state index in [0.29, 0.717) is 6.61 Å². The lowest BCUT2D eigenvalue weighted by molar-refractivity contribution is -0.137. The molecule has 4 rings (SSSR count). The molecule has 2 aromatic carbocycles. The van der Waals surface area contributed by atoms with Crippen molar-refractivity contribution in [2.75, 3.05) is 13.7 Å². The van der Waals surface area contributed by atoms with Gasteiger partial charge in [0.05, 0.1) is 29.8 Å². The van der Waals surface area contributed by atoms with Crippen LogP contribution in [0.15, 0.2) is 53.6 Å². The van der Waals surface area contributed by atoms with E-state index < -0.39 is 11.7 Å². The lowest BCUT2D eigenvalue weighted by atomic mass is 9.86. The summed E-state index contributed by atoms with van der Waals surface area (Å²) in [5.74, 6) is 0.801. The quantitative estimate of drug-likeness (QED) is 0.785. The molecule has 0 fully saturated rings. The van der Waals surface area contributed by atoms with E-state index in [1.807, 2.05) is 36.3 Å². The van der Waals surface area contributed by atoms with E-state index in [2.05, 4.69) is 5.10 Å². The molecule has 24 heavy (non-hydrogen) atoms. The largest absolute Gasteiger partial charge is 0.492 e. The van der Waals surface area contributed by atoms with Gasteiger partial charge in [-0.05, 0) is 29.8 Å². The fourth-order valence-electron chi connectivity index (χ4n) is 3.44. The number of hydrazone groups is 1. The van der Waals surface area contributed by atoms with Gasteiger partial charge in [-0.3, -0.25) is 5.01 Å². The van der Waals surface area contributed by atoms with Gasteiger partial charge in [-0.15, -0.1) is 0 Å². The molecule has 0 saturated carbocycles. The molecule has 6 heteroatoms. The van der Waals surface area contributed by atoms with Crippen LogP contribution < -0.4 is 4.74 Å². The van der Waals surface area contributed by atoms with Crippen molar-refractivity contribution in [1.82, 2.24) is 5.01 Å². The number of ether oxygens (including phenoxy) is 1. The maximum atomic E-state index is 12.8. The lowest BCUT2D eigenvalue weighted by Gasteiger charge is -2.29. The highest BCUT2D eigenvalue weighted by Gasteiger charge is 2.41. The summed E-state index contributed by atoms with van der Waals surface area (Å²) in [6, 6.07) is 12.9. The van der Waals surface area contributed by atoms with Crippen LogP contribution in [-0.2, 0) is 6.18 Å². The van der Waals surface area contributed by atoms with Crippen molar-refractivity contribution >= 4 is 5.71 Å². The van der Waals surface area contributed by atoms with E-state index >= 15 is 0 Å². The molecule has 0 aliphatic carbocycles. The van der Waals surface area contributed by atoms with Crippen molar-refractivity contribution < 1.29 is 17.9 Å². The summed E-state index contributed by atoms with van der Waals surface area (Å²) in [5, 5.41) is 6.44. The van der Waals surface area contributed by atoms with Gasteiger partial charge < -0.3 is 4.74 Å². The maximum Gasteiger partial charge on any atom is 0.416 e. The Balaban J connectivity index is 1.67. The monoisotopic (exact) mass is 332 g/mol. The number of para-hydroxylation sites is 1. The third kappa shape index (κ3) is 2.33. The first-order valence-corrected chi connectivity index (χ1v) is 7.66. The molecule has 0 bridgehead atoms. The molecule has 0 radical (unpaired) electrons. The van der Waals surface area contributed by atoms with Crippen molar-refractivity contribution in [3.05, 3.63) is 65.2 Å². The Morgan fingerprint density at radius 1 is 1.08 bits per heavy atom. The average molecular weight is 332 g/mol. The van der Waals surface area contributed by atoms with Gasteiger partial charge >= 0.3 is 6.18 Å². The highest BCUT2D eigenvalue weighted by molar-refractivity contribution is 6.06. The fourth-order valence-corrected chi connectivity index (χ4v) is 3.44. The predicted molar refractivity (Wildman–Crippen MR) is 83.9 cm³/mol. The van der Waals surface area contributed by atoms with Gasteiger partial charge in [-0.1, -0.05) is 24.3 Å². The van der Waals surface area contributed by atoms with Crippen LogP contribution in [0, 0.1) is 5.92 Å². The Morgan fingerprint density at radius 3 is 2.50 bits per heavy atom. The maximum absolute atomic E-state index is 12.8. The number of hydrogen-bond acceptors (Lipinski definition) is 3. The summed E-state index contributed by atoms with van der Waals surface area (Å²) in [4.78, 5) is 0. The van der Waals surface area contributed by atoms with Crippen LogP contribution in [0.2, 0.25) is 0 Å². The van der Waals surface area contributed by atoms with Gasteiger partial charge in [0.15, 0.2) is 0 Å². The van der Waals surface area contributed by atoms with Crippen LogP contribution >= 0.6 is 0 Å². The van der Waals surface area contributed by atoms with E-state index in [-0.39, 0.29) is 12.0 Å². The first kappa shape index (κ1) is 15.1. The van der Waals surface area contributed by atoms with E-state index in [1.54, 1.807) is 0 Å². The molecule has 0 aromatic heterocycles. The zero-order valence-electron chi connectivity index (χ0n) is 12.9. The van der Waals surface area contributed by atoms with Gasteiger partial charge in [0.1, 0.15) is 5.75 Å². The molecular weight excluding hydrogens is 317 g/mol. The second-order valence-electron chi connectivity index (χ2n) is 6.04. The predicted octanol–water partition coefficient (Wildman–Crippen LogP) is 4.10. The topological polar surface area (TPSA) is 24.8 Å². The number of fused-ring (bicyclic) bond motifs is 3. The molecule has 124 valence electrons. The standard InChI is InChI=1S/C18H15F3N2O/c1-23-17(11-6-8-12(9-7-11)18(19,20)21)14-10-24-15-5-3-2-4-13(15)16(14)22-23/h2-9,14,17H,10H2,1H3. The zero-order chi connectivity index (χ0) is 16.9. The molecular formula is C18H15F3N2O. The van der Waals surface area contributed by atoms with E-state index in [9.17, 15) is 13.2 Å². The molecule has 2 aliphatic rings. The van der Waals surface area contributed by atoms with Gasteiger partial charge in [0.25, 0.3) is 0 Å². The SMILES string of the molecule is CN1N=C2c3ccccc3OCC2C1c1ccc(C(F)(F)F)cc1. The summed E-state index contributed by atoms with van der Waals surface area (Å²) in [5.41, 5.74) is 2.05. The number of halogens is 3. The van der Waals surface area contributed by atoms with Crippen LogP contribution in [0.3, 0.4) is 0 Å². The molecule has 0 spiro atoms. The minimum Gasteiger partial charge on any atom is -0.492 e. The molecule has 0 amide bonds. The number of rotatable bonds is 1. The van der Waals surface area contributed by atoms with Crippen LogP contribution in [0.4, 0.5) is 13.2 Å². The molecule has 0 N–H and O–H groups in total. The van der Waals surface area contributed by atoms with Crippen LogP contribution in [-0.4, -0.2) is 24.4 Å². The minimum absolute atomic E-state index is 0.00152. The van der Waals surface area contributed by atoms with Crippen LogP contribution in [0.1, 0.15) is 22.7 Å². The van der Waals surface area contributed by atoms with Crippen molar-refractivity contribution in [2.24, 2.45) is 11.0 Å². The number of benzene rings is 2. The van der Waals surface area contributed by atoms with Gasteiger partial charge in [-0.25, -0.2) is 0 Å². The first-order chi connectivity index (χ1) is 11.4. The van der Waals surface area contributed by atoms with Crippen LogP contribution in [0.5, 0.6) is 5.75 Å². The molecule has 0 saturated heterocycles. The molecule has 3 nitrogen and oxygen atoms in total. The average Bonchev–Trinajstić information content (AvgIpc) is 2.90. The molecule has 2 aromatic rings. The number of hydrogen-bond donors (Lipinski definition) is 0. The second kappa shape index (κ2) is 5.26. The summed E-state index contributed by atoms with van der Waals surface area (Å²) >= 11 is 0. The Labute approximate surface area is 137 Å². The van der Waals surface area contributed by atoms with Crippen molar-refractivity contribution in [3.8, 4) is 5.75 Å². The number of nitrogens with zero attached hydrogens (tertiary/aromatic N) is 2. The summed E-state index contributed by atoms with van der Waals surface area (Å²) in [6.07, 6.45) is -4.32. The zero-order valence-corrected chi connectivity index (χ0v) is 12.9. The summed E-state index contributed by atoms with van der Waals surface area (Å²) in [7, 11) is 1.84. The highest BCUT2D eigenvalue weighted by atomic mass is 19.4. The van der Waals surface area contributed by atoms with Gasteiger partial charge in [0, 0.05) is 12.6 Å². The number of alkyl halides is 3. The van der Waals surface area contributed by atoms with Crippen LogP contribution in [0.25, 0.3) is 0 Å².